The lowest BCUT2D eigenvalue weighted by atomic mass is 9.79. The van der Waals surface area contributed by atoms with E-state index in [9.17, 15) is 18.4 Å². The molecule has 1 aromatic heterocycles. The first kappa shape index (κ1) is 20.3. The van der Waals surface area contributed by atoms with Gasteiger partial charge in [0.05, 0.1) is 23.2 Å². The van der Waals surface area contributed by atoms with E-state index in [-0.39, 0.29) is 23.7 Å². The smallest absolute Gasteiger partial charge is 0.398 e. The van der Waals surface area contributed by atoms with Crippen LogP contribution in [0.1, 0.15) is 35.7 Å². The van der Waals surface area contributed by atoms with E-state index in [1.54, 1.807) is 19.1 Å². The fourth-order valence-corrected chi connectivity index (χ4v) is 3.81. The standard InChI is InChI=1S/C20H19F3N6/c1-9(26)16-14(27)4-5-15-17(16)11-3-2-10(7-24)6-12(11)18(29-15)13(8-25)19(28)20(21,22)23/h4-5,8,10,25-26H,2-3,6,27-28H2,1H3. The molecule has 0 radical (unpaired) electrons. The van der Waals surface area contributed by atoms with Crippen molar-refractivity contribution in [2.75, 3.05) is 5.73 Å². The van der Waals surface area contributed by atoms with Crippen LogP contribution < -0.4 is 11.5 Å². The summed E-state index contributed by atoms with van der Waals surface area (Å²) in [5, 5.41) is 25.6. The second-order valence-electron chi connectivity index (χ2n) is 7.00. The summed E-state index contributed by atoms with van der Waals surface area (Å²) in [6.45, 7) is 1.58. The lowest BCUT2D eigenvalue weighted by Gasteiger charge is -2.26. The van der Waals surface area contributed by atoms with Gasteiger partial charge in [-0.2, -0.15) is 18.4 Å². The van der Waals surface area contributed by atoms with Crippen molar-refractivity contribution >= 4 is 34.1 Å². The van der Waals surface area contributed by atoms with E-state index < -0.39 is 17.4 Å². The van der Waals surface area contributed by atoms with Crippen molar-refractivity contribution in [3.8, 4) is 6.07 Å². The Labute approximate surface area is 165 Å². The summed E-state index contributed by atoms with van der Waals surface area (Å²) in [6, 6.07) is 5.31. The van der Waals surface area contributed by atoms with Gasteiger partial charge < -0.3 is 22.3 Å². The highest BCUT2D eigenvalue weighted by molar-refractivity contribution is 6.15. The molecule has 150 valence electrons. The number of hydrogen-bond acceptors (Lipinski definition) is 6. The first-order chi connectivity index (χ1) is 13.6. The number of hydrogen-bond donors (Lipinski definition) is 4. The molecule has 29 heavy (non-hydrogen) atoms. The molecule has 0 bridgehead atoms. The van der Waals surface area contributed by atoms with E-state index in [1.807, 2.05) is 0 Å². The molecule has 0 fully saturated rings. The number of nitrogen functional groups attached to an aromatic ring is 1. The van der Waals surface area contributed by atoms with Crippen molar-refractivity contribution in [3.63, 3.8) is 0 Å². The molecular formula is C20H19F3N6. The highest BCUT2D eigenvalue weighted by Crippen LogP contribution is 2.39. The van der Waals surface area contributed by atoms with E-state index in [1.165, 1.54) is 0 Å². The monoisotopic (exact) mass is 400 g/mol. The lowest BCUT2D eigenvalue weighted by Crippen LogP contribution is -2.24. The number of aryl methyl sites for hydroxylation is 1. The third-order valence-electron chi connectivity index (χ3n) is 5.15. The normalized spacial score (nSPS) is 17.3. The fourth-order valence-electron chi connectivity index (χ4n) is 3.81. The van der Waals surface area contributed by atoms with Gasteiger partial charge >= 0.3 is 6.18 Å². The third kappa shape index (κ3) is 3.42. The Morgan fingerprint density at radius 1 is 1.34 bits per heavy atom. The molecule has 6 N–H and O–H groups in total. The molecule has 1 heterocycles. The molecule has 1 unspecified atom stereocenters. The van der Waals surface area contributed by atoms with Gasteiger partial charge in [-0.25, -0.2) is 4.98 Å². The summed E-state index contributed by atoms with van der Waals surface area (Å²) in [4.78, 5) is 4.40. The first-order valence-electron chi connectivity index (χ1n) is 8.87. The van der Waals surface area contributed by atoms with Crippen molar-refractivity contribution in [3.05, 3.63) is 40.2 Å². The van der Waals surface area contributed by atoms with Crippen LogP contribution in [0.3, 0.4) is 0 Å². The molecule has 0 saturated heterocycles. The molecule has 1 aliphatic rings. The number of nitriles is 1. The maximum absolute atomic E-state index is 13.3. The first-order valence-corrected chi connectivity index (χ1v) is 8.87. The van der Waals surface area contributed by atoms with Gasteiger partial charge in [0.15, 0.2) is 0 Å². The van der Waals surface area contributed by atoms with Gasteiger partial charge in [-0.1, -0.05) is 0 Å². The number of aromatic nitrogens is 1. The zero-order valence-electron chi connectivity index (χ0n) is 15.6. The quantitative estimate of drug-likeness (QED) is 0.461. The topological polar surface area (TPSA) is 136 Å². The molecule has 3 rings (SSSR count). The van der Waals surface area contributed by atoms with Crippen molar-refractivity contribution in [1.82, 2.24) is 4.98 Å². The Morgan fingerprint density at radius 2 is 2.03 bits per heavy atom. The summed E-state index contributed by atoms with van der Waals surface area (Å²) < 4.78 is 39.8. The fraction of sp³-hybridized carbons (Fsp3) is 0.300. The Morgan fingerprint density at radius 3 is 2.59 bits per heavy atom. The average molecular weight is 400 g/mol. The number of rotatable bonds is 3. The summed E-state index contributed by atoms with van der Waals surface area (Å²) in [5.41, 5.74) is 12.0. The number of anilines is 1. The van der Waals surface area contributed by atoms with Crippen LogP contribution in [0.15, 0.2) is 17.8 Å². The van der Waals surface area contributed by atoms with Gasteiger partial charge in [0, 0.05) is 34.1 Å². The molecular weight excluding hydrogens is 381 g/mol. The van der Waals surface area contributed by atoms with Gasteiger partial charge in [-0.3, -0.25) is 0 Å². The molecule has 2 aromatic rings. The van der Waals surface area contributed by atoms with Gasteiger partial charge in [0.1, 0.15) is 5.70 Å². The number of nitrogens with one attached hydrogen (secondary N) is 2. The summed E-state index contributed by atoms with van der Waals surface area (Å²) in [7, 11) is 0. The number of nitrogens with two attached hydrogens (primary N) is 2. The third-order valence-corrected chi connectivity index (χ3v) is 5.15. The predicted octanol–water partition coefficient (Wildman–Crippen LogP) is 3.71. The Balaban J connectivity index is 2.48. The number of pyridine rings is 1. The van der Waals surface area contributed by atoms with Crippen LogP contribution in [0, 0.1) is 28.1 Å². The summed E-state index contributed by atoms with van der Waals surface area (Å²) in [5.74, 6) is -0.384. The van der Waals surface area contributed by atoms with Crippen molar-refractivity contribution in [2.45, 2.75) is 32.4 Å². The van der Waals surface area contributed by atoms with E-state index in [4.69, 9.17) is 22.3 Å². The molecule has 0 spiro atoms. The Bertz CT molecular complexity index is 1110. The second kappa shape index (κ2) is 7.20. The Kier molecular flexibility index (Phi) is 5.05. The Hall–Kier alpha value is -3.41. The number of fused-ring (bicyclic) bond motifs is 3. The number of alkyl halides is 3. The van der Waals surface area contributed by atoms with E-state index >= 15 is 0 Å². The molecule has 0 amide bonds. The molecule has 1 atom stereocenters. The van der Waals surface area contributed by atoms with Crippen LogP contribution >= 0.6 is 0 Å². The average Bonchev–Trinajstić information content (AvgIpc) is 2.67. The number of benzene rings is 1. The minimum Gasteiger partial charge on any atom is -0.398 e. The molecule has 9 heteroatoms. The zero-order chi connectivity index (χ0) is 21.5. The highest BCUT2D eigenvalue weighted by Gasteiger charge is 2.36. The largest absolute Gasteiger partial charge is 0.431 e. The van der Waals surface area contributed by atoms with Crippen LogP contribution in [0.2, 0.25) is 0 Å². The number of halogens is 3. The van der Waals surface area contributed by atoms with Crippen LogP contribution in [-0.2, 0) is 12.8 Å². The molecule has 1 aliphatic carbocycles. The predicted molar refractivity (Wildman–Crippen MR) is 106 cm³/mol. The van der Waals surface area contributed by atoms with Crippen molar-refractivity contribution < 1.29 is 13.2 Å². The van der Waals surface area contributed by atoms with E-state index in [0.29, 0.717) is 52.3 Å². The highest BCUT2D eigenvalue weighted by atomic mass is 19.4. The molecule has 1 aromatic carbocycles. The van der Waals surface area contributed by atoms with Crippen molar-refractivity contribution in [2.24, 2.45) is 11.7 Å². The summed E-state index contributed by atoms with van der Waals surface area (Å²) in [6.07, 6.45) is -3.12. The molecule has 0 aliphatic heterocycles. The zero-order valence-corrected chi connectivity index (χ0v) is 15.6. The van der Waals surface area contributed by atoms with Crippen LogP contribution in [0.5, 0.6) is 0 Å². The number of allylic oxidation sites excluding steroid dienone is 2. The maximum Gasteiger partial charge on any atom is 0.431 e. The van der Waals surface area contributed by atoms with Crippen molar-refractivity contribution in [1.29, 1.82) is 16.1 Å². The van der Waals surface area contributed by atoms with Crippen LogP contribution in [0.4, 0.5) is 18.9 Å². The summed E-state index contributed by atoms with van der Waals surface area (Å²) >= 11 is 0. The van der Waals surface area contributed by atoms with Gasteiger partial charge in [-0.05, 0) is 49.4 Å². The lowest BCUT2D eigenvalue weighted by molar-refractivity contribution is -0.0919. The molecule has 6 nitrogen and oxygen atoms in total. The van der Waals surface area contributed by atoms with Gasteiger partial charge in [-0.15, -0.1) is 0 Å². The van der Waals surface area contributed by atoms with E-state index in [0.717, 1.165) is 0 Å². The second-order valence-corrected chi connectivity index (χ2v) is 7.00. The number of nitrogens with zero attached hydrogens (tertiary/aromatic N) is 2. The van der Waals surface area contributed by atoms with Gasteiger partial charge in [0.2, 0.25) is 0 Å². The van der Waals surface area contributed by atoms with Crippen LogP contribution in [0.25, 0.3) is 16.5 Å². The molecule has 0 saturated carbocycles. The SMILES string of the molecule is CC(=N)c1c(N)ccc2nc(C(C=N)=C(N)C(F)(F)F)c3c(c12)CCC(C#N)C3. The minimum absolute atomic E-state index is 0.0457. The van der Waals surface area contributed by atoms with E-state index in [2.05, 4.69) is 11.1 Å². The minimum atomic E-state index is -4.82. The van der Waals surface area contributed by atoms with Crippen LogP contribution in [-0.4, -0.2) is 23.1 Å². The maximum atomic E-state index is 13.3. The van der Waals surface area contributed by atoms with Gasteiger partial charge in [0.25, 0.3) is 0 Å².